The van der Waals surface area contributed by atoms with Gasteiger partial charge in [0.05, 0.1) is 11.3 Å². The Kier molecular flexibility index (Phi) is 4.31. The average Bonchev–Trinajstić information content (AvgIpc) is 2.85. The highest BCUT2D eigenvalue weighted by Crippen LogP contribution is 2.13. The topological polar surface area (TPSA) is 88.5 Å². The summed E-state index contributed by atoms with van der Waals surface area (Å²) < 4.78 is 15.8. The molecule has 0 radical (unpaired) electrons. The average molecular weight is 277 g/mol. The number of halogens is 1. The number of nitrogens with two attached hydrogens (primary N) is 1. The van der Waals surface area contributed by atoms with Crippen LogP contribution in [-0.2, 0) is 20.1 Å². The molecular formula is C13H16FN5O. The second-order valence-corrected chi connectivity index (χ2v) is 4.35. The predicted octanol–water partition coefficient (Wildman–Crippen LogP) is 0.944. The number of hydrogen-bond acceptors (Lipinski definition) is 4. The zero-order chi connectivity index (χ0) is 14.5. The van der Waals surface area contributed by atoms with E-state index in [1.807, 2.05) is 19.3 Å². The summed E-state index contributed by atoms with van der Waals surface area (Å²) in [4.78, 5) is 0. The van der Waals surface area contributed by atoms with Crippen molar-refractivity contribution >= 4 is 5.84 Å². The fraction of sp³-hybridized carbons (Fsp3) is 0.231. The van der Waals surface area contributed by atoms with E-state index in [9.17, 15) is 4.39 Å². The van der Waals surface area contributed by atoms with E-state index < -0.39 is 5.82 Å². The minimum atomic E-state index is -0.490. The van der Waals surface area contributed by atoms with Crippen LogP contribution in [0, 0.1) is 5.82 Å². The Morgan fingerprint density at radius 2 is 2.25 bits per heavy atom. The summed E-state index contributed by atoms with van der Waals surface area (Å²) in [6.45, 7) is 0.864. The molecule has 0 aliphatic carbocycles. The Hall–Kier alpha value is -2.41. The largest absolute Gasteiger partial charge is 0.409 e. The van der Waals surface area contributed by atoms with Crippen molar-refractivity contribution in [3.63, 3.8) is 0 Å². The van der Waals surface area contributed by atoms with Crippen molar-refractivity contribution in [3.8, 4) is 0 Å². The van der Waals surface area contributed by atoms with Gasteiger partial charge in [-0.15, -0.1) is 0 Å². The van der Waals surface area contributed by atoms with E-state index in [0.717, 1.165) is 5.69 Å². The second kappa shape index (κ2) is 6.16. The number of amidine groups is 1. The highest BCUT2D eigenvalue weighted by atomic mass is 19.1. The lowest BCUT2D eigenvalue weighted by molar-refractivity contribution is 0.318. The summed E-state index contributed by atoms with van der Waals surface area (Å²) in [5, 5.41) is 18.7. The predicted molar refractivity (Wildman–Crippen MR) is 72.7 cm³/mol. The molecule has 106 valence electrons. The van der Waals surface area contributed by atoms with Crippen LogP contribution >= 0.6 is 0 Å². The van der Waals surface area contributed by atoms with E-state index >= 15 is 0 Å². The lowest BCUT2D eigenvalue weighted by atomic mass is 10.1. The monoisotopic (exact) mass is 277 g/mol. The third kappa shape index (κ3) is 3.12. The summed E-state index contributed by atoms with van der Waals surface area (Å²) in [6, 6.07) is 6.66. The number of benzene rings is 1. The van der Waals surface area contributed by atoms with E-state index in [0.29, 0.717) is 18.7 Å². The second-order valence-electron chi connectivity index (χ2n) is 4.35. The molecule has 0 fully saturated rings. The Bertz CT molecular complexity index is 623. The van der Waals surface area contributed by atoms with Gasteiger partial charge in [0, 0.05) is 31.9 Å². The zero-order valence-corrected chi connectivity index (χ0v) is 11.0. The molecular weight excluding hydrogens is 261 g/mol. The number of nitrogens with one attached hydrogen (secondary N) is 1. The number of rotatable bonds is 5. The normalized spacial score (nSPS) is 11.8. The highest BCUT2D eigenvalue weighted by Gasteiger charge is 2.11. The van der Waals surface area contributed by atoms with Gasteiger partial charge in [0.25, 0.3) is 0 Å². The zero-order valence-electron chi connectivity index (χ0n) is 11.0. The SMILES string of the molecule is Cn1ccc(CNCc2cccc(/C(N)=N/O)c2F)n1. The van der Waals surface area contributed by atoms with Crippen LogP contribution in [0.25, 0.3) is 0 Å². The van der Waals surface area contributed by atoms with E-state index in [1.54, 1.807) is 16.8 Å². The van der Waals surface area contributed by atoms with Gasteiger partial charge in [-0.3, -0.25) is 4.68 Å². The first-order valence-corrected chi connectivity index (χ1v) is 6.06. The minimum absolute atomic E-state index is 0.0876. The molecule has 4 N–H and O–H groups in total. The van der Waals surface area contributed by atoms with E-state index in [-0.39, 0.29) is 11.4 Å². The summed E-state index contributed by atoms with van der Waals surface area (Å²) in [6.07, 6.45) is 1.84. The van der Waals surface area contributed by atoms with Gasteiger partial charge >= 0.3 is 0 Å². The molecule has 0 saturated heterocycles. The number of aromatic nitrogens is 2. The first-order chi connectivity index (χ1) is 9.61. The molecule has 1 heterocycles. The van der Waals surface area contributed by atoms with Crippen LogP contribution in [0.5, 0.6) is 0 Å². The van der Waals surface area contributed by atoms with Crippen LogP contribution in [-0.4, -0.2) is 20.8 Å². The van der Waals surface area contributed by atoms with Crippen LogP contribution in [0.4, 0.5) is 4.39 Å². The maximum Gasteiger partial charge on any atom is 0.173 e. The van der Waals surface area contributed by atoms with Crippen molar-refractivity contribution in [2.24, 2.45) is 17.9 Å². The molecule has 20 heavy (non-hydrogen) atoms. The molecule has 6 nitrogen and oxygen atoms in total. The smallest absolute Gasteiger partial charge is 0.173 e. The van der Waals surface area contributed by atoms with Crippen molar-refractivity contribution in [1.82, 2.24) is 15.1 Å². The van der Waals surface area contributed by atoms with Crippen molar-refractivity contribution in [3.05, 3.63) is 53.1 Å². The Labute approximate surface area is 115 Å². The van der Waals surface area contributed by atoms with Gasteiger partial charge in [-0.25, -0.2) is 4.39 Å². The Morgan fingerprint density at radius 1 is 1.45 bits per heavy atom. The third-order valence-corrected chi connectivity index (χ3v) is 2.85. The van der Waals surface area contributed by atoms with Gasteiger partial charge < -0.3 is 16.3 Å². The first-order valence-electron chi connectivity index (χ1n) is 6.06. The number of oxime groups is 1. The fourth-order valence-corrected chi connectivity index (χ4v) is 1.85. The van der Waals surface area contributed by atoms with E-state index in [1.165, 1.54) is 6.07 Å². The summed E-state index contributed by atoms with van der Waals surface area (Å²) >= 11 is 0. The van der Waals surface area contributed by atoms with Crippen LogP contribution in [0.15, 0.2) is 35.6 Å². The molecule has 0 amide bonds. The van der Waals surface area contributed by atoms with Crippen molar-refractivity contribution < 1.29 is 9.60 Å². The molecule has 0 aliphatic rings. The minimum Gasteiger partial charge on any atom is -0.409 e. The van der Waals surface area contributed by atoms with Crippen LogP contribution in [0.3, 0.4) is 0 Å². The lowest BCUT2D eigenvalue weighted by Crippen LogP contribution is -2.19. The number of nitrogens with zero attached hydrogens (tertiary/aromatic N) is 3. The molecule has 0 spiro atoms. The maximum atomic E-state index is 14.1. The van der Waals surface area contributed by atoms with Gasteiger partial charge in [0.1, 0.15) is 5.82 Å². The summed E-state index contributed by atoms with van der Waals surface area (Å²) in [5.41, 5.74) is 6.83. The molecule has 0 unspecified atom stereocenters. The van der Waals surface area contributed by atoms with Gasteiger partial charge in [-0.2, -0.15) is 5.10 Å². The van der Waals surface area contributed by atoms with E-state index in [2.05, 4.69) is 15.6 Å². The third-order valence-electron chi connectivity index (χ3n) is 2.85. The molecule has 1 aromatic heterocycles. The molecule has 2 aromatic rings. The molecule has 0 atom stereocenters. The Balaban J connectivity index is 2.03. The van der Waals surface area contributed by atoms with Gasteiger partial charge in [-0.1, -0.05) is 17.3 Å². The molecule has 1 aromatic carbocycles. The molecule has 2 rings (SSSR count). The first kappa shape index (κ1) is 14.0. The van der Waals surface area contributed by atoms with Crippen LogP contribution < -0.4 is 11.1 Å². The highest BCUT2D eigenvalue weighted by molar-refractivity contribution is 5.97. The number of aryl methyl sites for hydroxylation is 1. The van der Waals surface area contributed by atoms with Gasteiger partial charge in [0.15, 0.2) is 5.84 Å². The van der Waals surface area contributed by atoms with Crippen molar-refractivity contribution in [2.75, 3.05) is 0 Å². The Morgan fingerprint density at radius 3 is 2.90 bits per heavy atom. The number of hydrogen-bond donors (Lipinski definition) is 3. The van der Waals surface area contributed by atoms with Gasteiger partial charge in [0.2, 0.25) is 0 Å². The molecule has 0 aliphatic heterocycles. The summed E-state index contributed by atoms with van der Waals surface area (Å²) in [5.74, 6) is -0.731. The lowest BCUT2D eigenvalue weighted by Gasteiger charge is -2.08. The van der Waals surface area contributed by atoms with E-state index in [4.69, 9.17) is 10.9 Å². The van der Waals surface area contributed by atoms with Crippen LogP contribution in [0.2, 0.25) is 0 Å². The standard InChI is InChI=1S/C13H16FN5O/c1-19-6-5-10(17-19)8-16-7-9-3-2-4-11(12(9)14)13(15)18-20/h2-6,16,20H,7-8H2,1H3,(H2,15,18). The maximum absolute atomic E-state index is 14.1. The fourth-order valence-electron chi connectivity index (χ4n) is 1.85. The van der Waals surface area contributed by atoms with Crippen molar-refractivity contribution in [2.45, 2.75) is 13.1 Å². The van der Waals surface area contributed by atoms with Crippen molar-refractivity contribution in [1.29, 1.82) is 0 Å². The quantitative estimate of drug-likeness (QED) is 0.328. The van der Waals surface area contributed by atoms with Gasteiger partial charge in [-0.05, 0) is 12.1 Å². The molecule has 0 saturated carbocycles. The molecule has 7 heteroatoms. The van der Waals surface area contributed by atoms with Crippen LogP contribution in [0.1, 0.15) is 16.8 Å². The molecule has 0 bridgehead atoms. The summed E-state index contributed by atoms with van der Waals surface area (Å²) in [7, 11) is 1.84.